The van der Waals surface area contributed by atoms with Crippen LogP contribution in [-0.2, 0) is 26.6 Å². The lowest BCUT2D eigenvalue weighted by Crippen LogP contribution is -2.47. The Morgan fingerprint density at radius 1 is 1.18 bits per heavy atom. The minimum atomic E-state index is -1.09. The maximum absolute atomic E-state index is 11.1. The Morgan fingerprint density at radius 3 is 2.62 bits per heavy atom. The van der Waals surface area contributed by atoms with Crippen LogP contribution in [0.4, 0.5) is 5.69 Å². The second-order valence-corrected chi connectivity index (χ2v) is 11.2. The Kier molecular flexibility index (Phi) is 9.17. The standard InChI is InChI=1S/C29H34Cl2N4O5/c1-21(28(36)37)8-10-33-12-14-35(15-13-33)23-3-5-24(6-4-23)38-17-25-18-39-29(40-25,19-34-11-9-32-20-34)26-7-2-22(30)16-27(26)31/h2-7,9,11,16,20-21,25H,8,10,12-15,17-19H2,1H3,(H,36,37)/t21?,25-,29-/m1/s1. The summed E-state index contributed by atoms with van der Waals surface area (Å²) in [5.74, 6) is -1.37. The number of anilines is 1. The molecule has 40 heavy (non-hydrogen) atoms. The monoisotopic (exact) mass is 588 g/mol. The number of ether oxygens (including phenoxy) is 3. The van der Waals surface area contributed by atoms with E-state index in [9.17, 15) is 4.79 Å². The van der Waals surface area contributed by atoms with Crippen LogP contribution in [0.15, 0.2) is 61.2 Å². The van der Waals surface area contributed by atoms with E-state index in [1.54, 1.807) is 31.6 Å². The van der Waals surface area contributed by atoms with E-state index in [-0.39, 0.29) is 12.0 Å². The molecule has 1 aromatic heterocycles. The predicted molar refractivity (Wildman–Crippen MR) is 153 cm³/mol. The van der Waals surface area contributed by atoms with Gasteiger partial charge in [-0.3, -0.25) is 9.69 Å². The second kappa shape index (κ2) is 12.8. The van der Waals surface area contributed by atoms with E-state index in [1.165, 1.54) is 0 Å². The molecule has 0 amide bonds. The van der Waals surface area contributed by atoms with Crippen LogP contribution in [0.1, 0.15) is 18.9 Å². The summed E-state index contributed by atoms with van der Waals surface area (Å²) < 4.78 is 20.7. The zero-order valence-corrected chi connectivity index (χ0v) is 23.9. The SMILES string of the molecule is CC(CCN1CCN(c2ccc(OC[C@@H]3CO[C@@](Cn4ccnc4)(c4ccc(Cl)cc4Cl)O3)cc2)CC1)C(=O)O. The Balaban J connectivity index is 1.14. The first-order valence-electron chi connectivity index (χ1n) is 13.5. The number of hydrogen-bond donors (Lipinski definition) is 1. The van der Waals surface area contributed by atoms with E-state index >= 15 is 0 Å². The summed E-state index contributed by atoms with van der Waals surface area (Å²) in [7, 11) is 0. The van der Waals surface area contributed by atoms with Crippen LogP contribution in [0, 0.1) is 5.92 Å². The number of rotatable bonds is 11. The summed E-state index contributed by atoms with van der Waals surface area (Å²) in [4.78, 5) is 19.9. The highest BCUT2D eigenvalue weighted by Crippen LogP contribution is 2.40. The van der Waals surface area contributed by atoms with Crippen LogP contribution in [0.2, 0.25) is 10.0 Å². The second-order valence-electron chi connectivity index (χ2n) is 10.3. The molecule has 3 aromatic rings. The highest BCUT2D eigenvalue weighted by atomic mass is 35.5. The third-order valence-corrected chi connectivity index (χ3v) is 8.01. The van der Waals surface area contributed by atoms with Crippen molar-refractivity contribution in [2.24, 2.45) is 5.92 Å². The van der Waals surface area contributed by atoms with Gasteiger partial charge in [0.25, 0.3) is 0 Å². The molecule has 2 aromatic carbocycles. The predicted octanol–water partition coefficient (Wildman–Crippen LogP) is 4.77. The van der Waals surface area contributed by atoms with Gasteiger partial charge in [-0.05, 0) is 49.4 Å². The number of carboxylic acids is 1. The number of piperazine rings is 1. The van der Waals surface area contributed by atoms with E-state index in [0.717, 1.165) is 44.2 Å². The Bertz CT molecular complexity index is 1270. The lowest BCUT2D eigenvalue weighted by molar-refractivity contribution is -0.189. The molecule has 0 saturated carbocycles. The zero-order valence-electron chi connectivity index (χ0n) is 22.4. The van der Waals surface area contributed by atoms with Gasteiger partial charge in [-0.2, -0.15) is 0 Å². The Morgan fingerprint density at radius 2 is 1.95 bits per heavy atom. The fourth-order valence-electron chi connectivity index (χ4n) is 5.05. The van der Waals surface area contributed by atoms with Crippen LogP contribution in [0.25, 0.3) is 0 Å². The van der Waals surface area contributed by atoms with Gasteiger partial charge in [-0.15, -0.1) is 0 Å². The van der Waals surface area contributed by atoms with Gasteiger partial charge in [0.1, 0.15) is 18.5 Å². The molecule has 2 saturated heterocycles. The molecule has 0 spiro atoms. The van der Waals surface area contributed by atoms with Crippen molar-refractivity contribution in [1.82, 2.24) is 14.5 Å². The van der Waals surface area contributed by atoms with Crippen molar-refractivity contribution in [2.45, 2.75) is 31.8 Å². The van der Waals surface area contributed by atoms with Gasteiger partial charge < -0.3 is 28.8 Å². The minimum Gasteiger partial charge on any atom is -0.491 e. The number of carboxylic acid groups (broad SMARTS) is 1. The third-order valence-electron chi connectivity index (χ3n) is 7.46. The molecule has 11 heteroatoms. The van der Waals surface area contributed by atoms with Crippen LogP contribution in [0.5, 0.6) is 5.75 Å². The molecule has 5 rings (SSSR count). The van der Waals surface area contributed by atoms with Crippen molar-refractivity contribution in [3.8, 4) is 5.75 Å². The van der Waals surface area contributed by atoms with Crippen molar-refractivity contribution in [2.75, 3.05) is 50.8 Å². The molecule has 0 aliphatic carbocycles. The molecular weight excluding hydrogens is 555 g/mol. The first-order valence-corrected chi connectivity index (χ1v) is 14.2. The Labute approximate surface area is 244 Å². The zero-order chi connectivity index (χ0) is 28.1. The number of halogens is 2. The summed E-state index contributed by atoms with van der Waals surface area (Å²) in [5.41, 5.74) is 1.85. The largest absolute Gasteiger partial charge is 0.491 e. The summed E-state index contributed by atoms with van der Waals surface area (Å²) in [6.45, 7) is 7.28. The fourth-order valence-corrected chi connectivity index (χ4v) is 5.60. The van der Waals surface area contributed by atoms with Crippen molar-refractivity contribution >= 4 is 34.9 Å². The molecule has 1 unspecified atom stereocenters. The van der Waals surface area contributed by atoms with E-state index in [0.29, 0.717) is 41.8 Å². The maximum atomic E-state index is 11.1. The lowest BCUT2D eigenvalue weighted by Gasteiger charge is -2.36. The van der Waals surface area contributed by atoms with Gasteiger partial charge in [0, 0.05) is 54.8 Å². The molecule has 2 aliphatic rings. The van der Waals surface area contributed by atoms with Crippen LogP contribution < -0.4 is 9.64 Å². The number of carbonyl (C=O) groups is 1. The van der Waals surface area contributed by atoms with Gasteiger partial charge in [0.15, 0.2) is 0 Å². The third kappa shape index (κ3) is 6.90. The van der Waals surface area contributed by atoms with Gasteiger partial charge >= 0.3 is 5.97 Å². The number of hydrogen-bond acceptors (Lipinski definition) is 7. The first kappa shape index (κ1) is 28.7. The van der Waals surface area contributed by atoms with Crippen LogP contribution >= 0.6 is 23.2 Å². The molecule has 1 N–H and O–H groups in total. The number of benzene rings is 2. The first-order chi connectivity index (χ1) is 19.3. The Hall–Kier alpha value is -2.82. The number of aromatic nitrogens is 2. The highest BCUT2D eigenvalue weighted by molar-refractivity contribution is 6.35. The van der Waals surface area contributed by atoms with Gasteiger partial charge in [0.05, 0.1) is 30.4 Å². The summed E-state index contributed by atoms with van der Waals surface area (Å²) in [5, 5.41) is 10.1. The number of nitrogens with zero attached hydrogens (tertiary/aromatic N) is 4. The lowest BCUT2D eigenvalue weighted by atomic mass is 10.1. The quantitative estimate of drug-likeness (QED) is 0.342. The van der Waals surface area contributed by atoms with Crippen molar-refractivity contribution < 1.29 is 24.1 Å². The van der Waals surface area contributed by atoms with Crippen molar-refractivity contribution in [3.05, 3.63) is 76.8 Å². The molecule has 9 nitrogen and oxygen atoms in total. The molecule has 2 aliphatic heterocycles. The average Bonchev–Trinajstić information content (AvgIpc) is 3.61. The summed E-state index contributed by atoms with van der Waals surface area (Å²) >= 11 is 12.7. The van der Waals surface area contributed by atoms with Crippen molar-refractivity contribution in [1.29, 1.82) is 0 Å². The molecule has 0 bridgehead atoms. The highest BCUT2D eigenvalue weighted by Gasteiger charge is 2.45. The van der Waals surface area contributed by atoms with Crippen molar-refractivity contribution in [3.63, 3.8) is 0 Å². The van der Waals surface area contributed by atoms with E-state index in [4.69, 9.17) is 42.5 Å². The van der Waals surface area contributed by atoms with Gasteiger partial charge in [0.2, 0.25) is 5.79 Å². The molecular formula is C29H34Cl2N4O5. The topological polar surface area (TPSA) is 89.3 Å². The molecule has 3 atom stereocenters. The maximum Gasteiger partial charge on any atom is 0.306 e. The average molecular weight is 590 g/mol. The van der Waals surface area contributed by atoms with E-state index in [1.807, 2.05) is 29.0 Å². The number of aliphatic carboxylic acids is 1. The fraction of sp³-hybridized carbons (Fsp3) is 0.448. The molecule has 214 valence electrons. The van der Waals surface area contributed by atoms with E-state index in [2.05, 4.69) is 26.9 Å². The normalized spacial score (nSPS) is 22.4. The number of imidazole rings is 1. The summed E-state index contributed by atoms with van der Waals surface area (Å²) in [6, 6.07) is 13.4. The van der Waals surface area contributed by atoms with Gasteiger partial charge in [-0.1, -0.05) is 36.2 Å². The molecule has 3 heterocycles. The smallest absolute Gasteiger partial charge is 0.306 e. The van der Waals surface area contributed by atoms with Crippen LogP contribution in [0.3, 0.4) is 0 Å². The molecule has 2 fully saturated rings. The summed E-state index contributed by atoms with van der Waals surface area (Å²) in [6.07, 6.45) is 5.65. The van der Waals surface area contributed by atoms with Gasteiger partial charge in [-0.25, -0.2) is 4.98 Å². The van der Waals surface area contributed by atoms with Crippen LogP contribution in [-0.4, -0.2) is 77.6 Å². The minimum absolute atomic E-state index is 0.299. The molecule has 0 radical (unpaired) electrons. The van der Waals surface area contributed by atoms with E-state index < -0.39 is 11.8 Å².